The van der Waals surface area contributed by atoms with Gasteiger partial charge in [-0.3, -0.25) is 20.8 Å². The maximum absolute atomic E-state index is 8.75. The molecule has 1 aromatic carbocycles. The highest BCUT2D eigenvalue weighted by molar-refractivity contribution is 7.99. The summed E-state index contributed by atoms with van der Waals surface area (Å²) in [6, 6.07) is 10.1. The van der Waals surface area contributed by atoms with E-state index in [1.807, 2.05) is 30.6 Å². The van der Waals surface area contributed by atoms with Crippen molar-refractivity contribution in [3.8, 4) is 0 Å². The van der Waals surface area contributed by atoms with Crippen molar-refractivity contribution in [3.63, 3.8) is 0 Å². The van der Waals surface area contributed by atoms with E-state index in [-0.39, 0.29) is 12.5 Å². The highest BCUT2D eigenvalue weighted by atomic mass is 32.2. The third kappa shape index (κ3) is 9.02. The molecule has 0 amide bonds. The first-order valence-electron chi connectivity index (χ1n) is 8.73. The van der Waals surface area contributed by atoms with Gasteiger partial charge in [-0.2, -0.15) is 11.8 Å². The van der Waals surface area contributed by atoms with Gasteiger partial charge in [-0.1, -0.05) is 30.3 Å². The Morgan fingerprint density at radius 1 is 1.10 bits per heavy atom. The fourth-order valence-electron chi connectivity index (χ4n) is 2.58. The summed E-state index contributed by atoms with van der Waals surface area (Å²) in [4.78, 5) is 14.6. The van der Waals surface area contributed by atoms with Gasteiger partial charge < -0.3 is 4.74 Å². The predicted octanol–water partition coefficient (Wildman–Crippen LogP) is 2.73. The van der Waals surface area contributed by atoms with Gasteiger partial charge in [-0.15, -0.1) is 11.3 Å². The Morgan fingerprint density at radius 2 is 1.86 bits per heavy atom. The fraction of sp³-hybridized carbons (Fsp3) is 0.471. The molecule has 0 bridgehead atoms. The molecule has 0 spiro atoms. The molecule has 0 aliphatic heterocycles. The van der Waals surface area contributed by atoms with E-state index in [1.165, 1.54) is 22.2 Å². The van der Waals surface area contributed by atoms with Gasteiger partial charge in [-0.05, 0) is 12.5 Å². The van der Waals surface area contributed by atoms with Crippen LogP contribution in [0.3, 0.4) is 0 Å². The molecule has 2 unspecified atom stereocenters. The second-order valence-corrected chi connectivity index (χ2v) is 7.98. The van der Waals surface area contributed by atoms with Gasteiger partial charge in [-0.25, -0.2) is 14.7 Å². The van der Waals surface area contributed by atoms with Gasteiger partial charge in [0.2, 0.25) is 0 Å². The summed E-state index contributed by atoms with van der Waals surface area (Å²) in [5, 5.41) is 33.7. The summed E-state index contributed by atoms with van der Waals surface area (Å²) >= 11 is 3.05. The minimum atomic E-state index is -0.811. The Morgan fingerprint density at radius 3 is 2.48 bits per heavy atom. The van der Waals surface area contributed by atoms with Gasteiger partial charge in [0.25, 0.3) is 0 Å². The fourth-order valence-corrected chi connectivity index (χ4v) is 4.32. The van der Waals surface area contributed by atoms with Crippen LogP contribution >= 0.6 is 23.1 Å². The number of ether oxygens (including phenoxy) is 1. The Balaban J connectivity index is 1.77. The summed E-state index contributed by atoms with van der Waals surface area (Å²) in [6.07, 6.45) is -0.811. The molecule has 10 nitrogen and oxygen atoms in total. The highest BCUT2D eigenvalue weighted by Crippen LogP contribution is 2.30. The van der Waals surface area contributed by atoms with Crippen LogP contribution in [0.15, 0.2) is 35.8 Å². The lowest BCUT2D eigenvalue weighted by Crippen LogP contribution is -2.32. The quantitative estimate of drug-likeness (QED) is 0.252. The van der Waals surface area contributed by atoms with E-state index in [1.54, 1.807) is 11.3 Å². The van der Waals surface area contributed by atoms with Crippen molar-refractivity contribution in [2.24, 2.45) is 0 Å². The standard InChI is InChI=1S/C17H25N3O7S2/c1-13-17(29-12-18-13)16(14-5-3-2-4-6-14)10-25-7-8-28-11-15(27-20(23)24)9-26-19(21)22/h2-6,12,15-16,21-24H,7-11H2,1H3. The maximum Gasteiger partial charge on any atom is 0.119 e. The summed E-state index contributed by atoms with van der Waals surface area (Å²) in [7, 11) is 0. The van der Waals surface area contributed by atoms with Crippen molar-refractivity contribution in [2.45, 2.75) is 18.9 Å². The van der Waals surface area contributed by atoms with Crippen LogP contribution in [-0.4, -0.2) is 74.0 Å². The van der Waals surface area contributed by atoms with E-state index >= 15 is 0 Å². The molecule has 1 aromatic heterocycles. The first-order valence-corrected chi connectivity index (χ1v) is 10.8. The lowest BCUT2D eigenvalue weighted by molar-refractivity contribution is -0.525. The van der Waals surface area contributed by atoms with Crippen LogP contribution in [0.1, 0.15) is 22.1 Å². The molecule has 4 N–H and O–H groups in total. The lowest BCUT2D eigenvalue weighted by atomic mass is 9.97. The number of nitrogens with zero attached hydrogens (tertiary/aromatic N) is 3. The van der Waals surface area contributed by atoms with Gasteiger partial charge in [0.1, 0.15) is 12.7 Å². The molecule has 0 aliphatic carbocycles. The van der Waals surface area contributed by atoms with E-state index in [9.17, 15) is 0 Å². The van der Waals surface area contributed by atoms with E-state index in [0.29, 0.717) is 24.7 Å². The predicted molar refractivity (Wildman–Crippen MR) is 105 cm³/mol. The molecular formula is C17H25N3O7S2. The number of aromatic nitrogens is 1. The second-order valence-electron chi connectivity index (χ2n) is 5.94. The van der Waals surface area contributed by atoms with Crippen molar-refractivity contribution in [1.29, 1.82) is 0 Å². The van der Waals surface area contributed by atoms with Crippen molar-refractivity contribution in [3.05, 3.63) is 52.0 Å². The zero-order valence-electron chi connectivity index (χ0n) is 15.8. The molecule has 0 saturated heterocycles. The molecule has 0 fully saturated rings. The molecule has 2 aromatic rings. The minimum Gasteiger partial charge on any atom is -0.380 e. The molecule has 0 saturated carbocycles. The van der Waals surface area contributed by atoms with Crippen LogP contribution in [-0.2, 0) is 14.4 Å². The molecular weight excluding hydrogens is 422 g/mol. The van der Waals surface area contributed by atoms with Crippen LogP contribution < -0.4 is 0 Å². The van der Waals surface area contributed by atoms with E-state index < -0.39 is 16.9 Å². The monoisotopic (exact) mass is 447 g/mol. The van der Waals surface area contributed by atoms with Crippen LogP contribution in [0, 0.1) is 6.92 Å². The second kappa shape index (κ2) is 13.2. The summed E-state index contributed by atoms with van der Waals surface area (Å²) in [5.41, 5.74) is 4.01. The molecule has 12 heteroatoms. The zero-order chi connectivity index (χ0) is 21.1. The summed E-state index contributed by atoms with van der Waals surface area (Å²) < 4.78 is 5.88. The Kier molecular flexibility index (Phi) is 11.0. The topological polar surface area (TPSA) is 128 Å². The first-order chi connectivity index (χ1) is 14.0. The van der Waals surface area contributed by atoms with Crippen LogP contribution in [0.2, 0.25) is 0 Å². The minimum absolute atomic E-state index is 0.107. The van der Waals surface area contributed by atoms with E-state index in [0.717, 1.165) is 5.69 Å². The van der Waals surface area contributed by atoms with E-state index in [2.05, 4.69) is 26.8 Å². The molecule has 2 atom stereocenters. The number of thiazole rings is 1. The maximum atomic E-state index is 8.75. The summed E-state index contributed by atoms with van der Waals surface area (Å²) in [6.45, 7) is 2.69. The molecule has 2 rings (SSSR count). The smallest absolute Gasteiger partial charge is 0.119 e. The van der Waals surface area contributed by atoms with Crippen LogP contribution in [0.4, 0.5) is 0 Å². The Labute approximate surface area is 176 Å². The number of rotatable bonds is 14. The van der Waals surface area contributed by atoms with E-state index in [4.69, 9.17) is 25.6 Å². The number of hydrogen-bond acceptors (Lipinski definition) is 12. The van der Waals surface area contributed by atoms with Crippen molar-refractivity contribution in [1.82, 2.24) is 15.8 Å². The largest absolute Gasteiger partial charge is 0.380 e. The van der Waals surface area contributed by atoms with Crippen LogP contribution in [0.25, 0.3) is 0 Å². The van der Waals surface area contributed by atoms with Gasteiger partial charge in [0.15, 0.2) is 0 Å². The average molecular weight is 448 g/mol. The van der Waals surface area contributed by atoms with Crippen LogP contribution in [0.5, 0.6) is 0 Å². The molecule has 0 radical (unpaired) electrons. The Bertz CT molecular complexity index is 691. The third-order valence-corrected chi connectivity index (χ3v) is 5.99. The van der Waals surface area contributed by atoms with Gasteiger partial charge in [0.05, 0.1) is 35.2 Å². The molecule has 0 aliphatic rings. The van der Waals surface area contributed by atoms with Gasteiger partial charge in [0, 0.05) is 22.3 Å². The van der Waals surface area contributed by atoms with Gasteiger partial charge >= 0.3 is 0 Å². The number of hydrogen-bond donors (Lipinski definition) is 4. The normalized spacial score (nSPS) is 13.9. The molecule has 1 heterocycles. The zero-order valence-corrected chi connectivity index (χ0v) is 17.5. The number of thioether (sulfide) groups is 1. The number of aryl methyl sites for hydroxylation is 1. The third-order valence-electron chi connectivity index (χ3n) is 3.88. The SMILES string of the molecule is Cc1ncsc1C(COCCSCC(CON(O)O)ON(O)O)c1ccccc1. The van der Waals surface area contributed by atoms with Crippen molar-refractivity contribution < 1.29 is 35.2 Å². The molecule has 29 heavy (non-hydrogen) atoms. The summed E-state index contributed by atoms with van der Waals surface area (Å²) in [5.74, 6) is 1.04. The first kappa shape index (κ1) is 24.1. The average Bonchev–Trinajstić information content (AvgIpc) is 3.11. The lowest BCUT2D eigenvalue weighted by Gasteiger charge is -2.19. The Hall–Kier alpha value is -1.16. The van der Waals surface area contributed by atoms with Crippen molar-refractivity contribution >= 4 is 23.1 Å². The molecule has 162 valence electrons. The number of benzene rings is 1. The highest BCUT2D eigenvalue weighted by Gasteiger charge is 2.19. The van der Waals surface area contributed by atoms with Crippen molar-refractivity contribution in [2.75, 3.05) is 31.3 Å².